The van der Waals surface area contributed by atoms with Crippen LogP contribution in [0.2, 0.25) is 0 Å². The summed E-state index contributed by atoms with van der Waals surface area (Å²) in [7, 11) is 0. The second-order valence-electron chi connectivity index (χ2n) is 5.59. The van der Waals surface area contributed by atoms with Gasteiger partial charge >= 0.3 is 0 Å². The van der Waals surface area contributed by atoms with Gasteiger partial charge in [0.2, 0.25) is 0 Å². The molecule has 0 N–H and O–H groups in total. The van der Waals surface area contributed by atoms with Gasteiger partial charge in [-0.25, -0.2) is 0 Å². The lowest BCUT2D eigenvalue weighted by Gasteiger charge is -2.38. The van der Waals surface area contributed by atoms with Crippen molar-refractivity contribution in [2.75, 3.05) is 19.8 Å². The van der Waals surface area contributed by atoms with Crippen LogP contribution in [-0.4, -0.2) is 47.8 Å². The Labute approximate surface area is 147 Å². The van der Waals surface area contributed by atoms with Crippen LogP contribution in [0.1, 0.15) is 29.6 Å². The SMILES string of the molecule is O=C(c1cc([N+](=O)[O-])ccc1I)N1CCCCC1C1OCCO1. The van der Waals surface area contributed by atoms with E-state index in [1.54, 1.807) is 11.0 Å². The van der Waals surface area contributed by atoms with Gasteiger partial charge in [0.25, 0.3) is 11.6 Å². The molecule has 7 nitrogen and oxygen atoms in total. The summed E-state index contributed by atoms with van der Waals surface area (Å²) in [6.07, 6.45) is 2.36. The summed E-state index contributed by atoms with van der Waals surface area (Å²) in [5, 5.41) is 11.0. The van der Waals surface area contributed by atoms with Gasteiger partial charge in [0.1, 0.15) is 0 Å². The van der Waals surface area contributed by atoms with Gasteiger partial charge in [-0.2, -0.15) is 0 Å². The maximum Gasteiger partial charge on any atom is 0.270 e. The Morgan fingerprint density at radius 3 is 2.74 bits per heavy atom. The van der Waals surface area contributed by atoms with Crippen molar-refractivity contribution in [3.05, 3.63) is 37.4 Å². The third kappa shape index (κ3) is 3.48. The largest absolute Gasteiger partial charge is 0.348 e. The zero-order chi connectivity index (χ0) is 16.4. The molecular weight excluding hydrogens is 415 g/mol. The quantitative estimate of drug-likeness (QED) is 0.417. The van der Waals surface area contributed by atoms with Crippen molar-refractivity contribution in [2.24, 2.45) is 0 Å². The molecule has 2 heterocycles. The smallest absolute Gasteiger partial charge is 0.270 e. The van der Waals surface area contributed by atoms with Crippen LogP contribution in [0.15, 0.2) is 18.2 Å². The van der Waals surface area contributed by atoms with Gasteiger partial charge in [0.15, 0.2) is 6.29 Å². The maximum absolute atomic E-state index is 12.9. The fraction of sp³-hybridized carbons (Fsp3) is 0.533. The third-order valence-corrected chi connectivity index (χ3v) is 5.10. The molecule has 0 bridgehead atoms. The van der Waals surface area contributed by atoms with Crippen LogP contribution >= 0.6 is 22.6 Å². The highest BCUT2D eigenvalue weighted by molar-refractivity contribution is 14.1. The van der Waals surface area contributed by atoms with Crippen LogP contribution in [0.25, 0.3) is 0 Å². The number of benzene rings is 1. The van der Waals surface area contributed by atoms with E-state index in [1.807, 2.05) is 22.6 Å². The topological polar surface area (TPSA) is 81.9 Å². The first-order valence-electron chi connectivity index (χ1n) is 7.56. The molecule has 1 aromatic rings. The first kappa shape index (κ1) is 16.6. The highest BCUT2D eigenvalue weighted by atomic mass is 127. The van der Waals surface area contributed by atoms with Crippen molar-refractivity contribution >= 4 is 34.2 Å². The predicted molar refractivity (Wildman–Crippen MR) is 90.2 cm³/mol. The molecular formula is C15H17IN2O5. The number of likely N-dealkylation sites (tertiary alicyclic amines) is 1. The number of non-ortho nitro benzene ring substituents is 1. The summed E-state index contributed by atoms with van der Waals surface area (Å²) >= 11 is 2.03. The number of halogens is 1. The summed E-state index contributed by atoms with van der Waals surface area (Å²) < 4.78 is 11.9. The monoisotopic (exact) mass is 432 g/mol. The zero-order valence-electron chi connectivity index (χ0n) is 12.4. The summed E-state index contributed by atoms with van der Waals surface area (Å²) in [4.78, 5) is 25.2. The minimum Gasteiger partial charge on any atom is -0.348 e. The molecule has 1 unspecified atom stereocenters. The molecule has 8 heteroatoms. The molecule has 1 amide bonds. The van der Waals surface area contributed by atoms with Gasteiger partial charge in [-0.15, -0.1) is 0 Å². The predicted octanol–water partition coefficient (Wildman–Crippen LogP) is 2.57. The van der Waals surface area contributed by atoms with Gasteiger partial charge in [-0.05, 0) is 47.9 Å². The fourth-order valence-corrected chi connectivity index (χ4v) is 3.60. The van der Waals surface area contributed by atoms with E-state index in [-0.39, 0.29) is 17.6 Å². The minimum atomic E-state index is -0.482. The molecule has 23 heavy (non-hydrogen) atoms. The average Bonchev–Trinajstić information content (AvgIpc) is 3.09. The Morgan fingerprint density at radius 1 is 1.30 bits per heavy atom. The van der Waals surface area contributed by atoms with Crippen LogP contribution in [-0.2, 0) is 9.47 Å². The van der Waals surface area contributed by atoms with E-state index in [2.05, 4.69) is 0 Å². The average molecular weight is 432 g/mol. The number of ether oxygens (including phenoxy) is 2. The first-order chi connectivity index (χ1) is 11.1. The van der Waals surface area contributed by atoms with E-state index in [0.29, 0.717) is 28.9 Å². The molecule has 2 aliphatic rings. The fourth-order valence-electron chi connectivity index (χ4n) is 3.04. The van der Waals surface area contributed by atoms with Crippen molar-refractivity contribution in [1.29, 1.82) is 0 Å². The molecule has 1 atom stereocenters. The molecule has 0 radical (unpaired) electrons. The van der Waals surface area contributed by atoms with Crippen molar-refractivity contribution < 1.29 is 19.2 Å². The van der Waals surface area contributed by atoms with E-state index in [4.69, 9.17) is 9.47 Å². The van der Waals surface area contributed by atoms with Crippen molar-refractivity contribution in [3.63, 3.8) is 0 Å². The van der Waals surface area contributed by atoms with Crippen LogP contribution in [0.4, 0.5) is 5.69 Å². The molecule has 2 aliphatic heterocycles. The van der Waals surface area contributed by atoms with E-state index >= 15 is 0 Å². The summed E-state index contributed by atoms with van der Waals surface area (Å²) in [6, 6.07) is 4.24. The second kappa shape index (κ2) is 7.10. The lowest BCUT2D eigenvalue weighted by atomic mass is 10.00. The highest BCUT2D eigenvalue weighted by Crippen LogP contribution is 2.28. The maximum atomic E-state index is 12.9. The Hall–Kier alpha value is -1.26. The molecule has 0 saturated carbocycles. The van der Waals surface area contributed by atoms with Gasteiger partial charge in [-0.3, -0.25) is 14.9 Å². The normalized spacial score (nSPS) is 22.3. The Kier molecular flexibility index (Phi) is 5.12. The van der Waals surface area contributed by atoms with Gasteiger partial charge in [0, 0.05) is 22.2 Å². The van der Waals surface area contributed by atoms with E-state index in [1.165, 1.54) is 12.1 Å². The van der Waals surface area contributed by atoms with Gasteiger partial charge in [0.05, 0.1) is 29.7 Å². The number of piperidine rings is 1. The molecule has 0 aromatic heterocycles. The minimum absolute atomic E-state index is 0.0734. The Morgan fingerprint density at radius 2 is 2.04 bits per heavy atom. The number of carbonyl (C=O) groups excluding carboxylic acids is 1. The number of hydrogen-bond acceptors (Lipinski definition) is 5. The van der Waals surface area contributed by atoms with E-state index in [9.17, 15) is 14.9 Å². The number of nitrogens with zero attached hydrogens (tertiary/aromatic N) is 2. The van der Waals surface area contributed by atoms with E-state index < -0.39 is 11.2 Å². The lowest BCUT2D eigenvalue weighted by Crippen LogP contribution is -2.50. The molecule has 0 aliphatic carbocycles. The van der Waals surface area contributed by atoms with Crippen LogP contribution < -0.4 is 0 Å². The van der Waals surface area contributed by atoms with Crippen molar-refractivity contribution in [3.8, 4) is 0 Å². The molecule has 1 aromatic carbocycles. The molecule has 124 valence electrons. The lowest BCUT2D eigenvalue weighted by molar-refractivity contribution is -0.384. The molecule has 2 saturated heterocycles. The molecule has 0 spiro atoms. The number of amides is 1. The summed E-state index contributed by atoms with van der Waals surface area (Å²) in [6.45, 7) is 1.70. The first-order valence-corrected chi connectivity index (χ1v) is 8.64. The second-order valence-corrected chi connectivity index (χ2v) is 6.76. The number of nitro groups is 1. The Balaban J connectivity index is 1.88. The highest BCUT2D eigenvalue weighted by Gasteiger charge is 2.37. The van der Waals surface area contributed by atoms with E-state index in [0.717, 1.165) is 19.3 Å². The van der Waals surface area contributed by atoms with Gasteiger partial charge in [-0.1, -0.05) is 0 Å². The number of rotatable bonds is 3. The molecule has 2 fully saturated rings. The number of nitro benzene ring substituents is 1. The van der Waals surface area contributed by atoms with Crippen LogP contribution in [0.3, 0.4) is 0 Å². The third-order valence-electron chi connectivity index (χ3n) is 4.16. The number of carbonyl (C=O) groups is 1. The van der Waals surface area contributed by atoms with Crippen LogP contribution in [0, 0.1) is 13.7 Å². The van der Waals surface area contributed by atoms with Crippen molar-refractivity contribution in [1.82, 2.24) is 4.90 Å². The van der Waals surface area contributed by atoms with Crippen LogP contribution in [0.5, 0.6) is 0 Å². The van der Waals surface area contributed by atoms with Crippen molar-refractivity contribution in [2.45, 2.75) is 31.6 Å². The standard InChI is InChI=1S/C15H17IN2O5/c16-12-5-4-10(18(20)21)9-11(12)14(19)17-6-2-1-3-13(17)15-22-7-8-23-15/h4-5,9,13,15H,1-3,6-8H2. The number of hydrogen-bond donors (Lipinski definition) is 0. The molecule has 3 rings (SSSR count). The summed E-state index contributed by atoms with van der Waals surface area (Å²) in [5.41, 5.74) is 0.292. The zero-order valence-corrected chi connectivity index (χ0v) is 14.6. The summed E-state index contributed by atoms with van der Waals surface area (Å²) in [5.74, 6) is -0.193. The Bertz CT molecular complexity index is 618. The van der Waals surface area contributed by atoms with Gasteiger partial charge < -0.3 is 14.4 Å².